The molecule has 0 aromatic carbocycles. The quantitative estimate of drug-likeness (QED) is 0.619. The van der Waals surface area contributed by atoms with Gasteiger partial charge in [0.25, 0.3) is 0 Å². The van der Waals surface area contributed by atoms with E-state index in [0.29, 0.717) is 19.4 Å². The van der Waals surface area contributed by atoms with E-state index in [4.69, 9.17) is 0 Å². The molecule has 1 aliphatic carbocycles. The summed E-state index contributed by atoms with van der Waals surface area (Å²) in [5.74, 6) is -2.30. The third kappa shape index (κ3) is 3.82. The number of aliphatic hydroxyl groups excluding tert-OH is 1. The summed E-state index contributed by atoms with van der Waals surface area (Å²) in [5.41, 5.74) is -0.307. The molecule has 3 N–H and O–H groups in total. The van der Waals surface area contributed by atoms with E-state index in [2.05, 4.69) is 5.32 Å². The van der Waals surface area contributed by atoms with Gasteiger partial charge in [0.1, 0.15) is 0 Å². The molecule has 0 heterocycles. The zero-order chi connectivity index (χ0) is 15.2. The number of hydrogen-bond acceptors (Lipinski definition) is 3. The Kier molecular flexibility index (Phi) is 6.20. The summed E-state index contributed by atoms with van der Waals surface area (Å²) >= 11 is 0. The van der Waals surface area contributed by atoms with E-state index in [9.17, 15) is 19.8 Å². The molecule has 0 saturated heterocycles. The highest BCUT2D eigenvalue weighted by Gasteiger charge is 2.35. The zero-order valence-electron chi connectivity index (χ0n) is 12.3. The van der Waals surface area contributed by atoms with Crippen molar-refractivity contribution in [3.8, 4) is 0 Å². The molecule has 0 unspecified atom stereocenters. The summed E-state index contributed by atoms with van der Waals surface area (Å²) in [4.78, 5) is 23.4. The Balaban J connectivity index is 2.65. The summed E-state index contributed by atoms with van der Waals surface area (Å²) in [7, 11) is 0. The fourth-order valence-corrected chi connectivity index (χ4v) is 2.56. The zero-order valence-corrected chi connectivity index (χ0v) is 12.3. The Morgan fingerprint density at radius 3 is 2.20 bits per heavy atom. The average Bonchev–Trinajstić information content (AvgIpc) is 2.49. The van der Waals surface area contributed by atoms with Crippen molar-refractivity contribution in [3.05, 3.63) is 12.2 Å². The van der Waals surface area contributed by atoms with Gasteiger partial charge in [0.2, 0.25) is 5.91 Å². The Morgan fingerprint density at radius 2 is 1.75 bits per heavy atom. The van der Waals surface area contributed by atoms with E-state index in [1.54, 1.807) is 0 Å². The van der Waals surface area contributed by atoms with Gasteiger partial charge in [0.05, 0.1) is 18.4 Å². The molecule has 114 valence electrons. The summed E-state index contributed by atoms with van der Waals surface area (Å²) < 4.78 is 0. The number of aliphatic hydroxyl groups is 1. The molecule has 0 aromatic heterocycles. The molecular formula is C15H25NO4. The number of carbonyl (C=O) groups is 2. The number of hydrogen-bond donors (Lipinski definition) is 3. The minimum atomic E-state index is -0.922. The van der Waals surface area contributed by atoms with Crippen molar-refractivity contribution < 1.29 is 19.8 Å². The van der Waals surface area contributed by atoms with Crippen LogP contribution in [-0.4, -0.2) is 35.2 Å². The topological polar surface area (TPSA) is 86.6 Å². The molecule has 5 nitrogen and oxygen atoms in total. The lowest BCUT2D eigenvalue weighted by Gasteiger charge is -2.31. The van der Waals surface area contributed by atoms with Crippen molar-refractivity contribution in [3.63, 3.8) is 0 Å². The monoisotopic (exact) mass is 283 g/mol. The first-order valence-corrected chi connectivity index (χ1v) is 7.26. The van der Waals surface area contributed by atoms with Gasteiger partial charge in [-0.1, -0.05) is 26.0 Å². The van der Waals surface area contributed by atoms with Gasteiger partial charge >= 0.3 is 5.97 Å². The van der Waals surface area contributed by atoms with Crippen LogP contribution in [0, 0.1) is 17.3 Å². The lowest BCUT2D eigenvalue weighted by atomic mass is 9.81. The van der Waals surface area contributed by atoms with Crippen LogP contribution in [0.4, 0.5) is 0 Å². The molecule has 5 heteroatoms. The number of carboxylic acid groups (broad SMARTS) is 1. The van der Waals surface area contributed by atoms with E-state index >= 15 is 0 Å². The standard InChI is InChI=1S/C15H25NO4/c1-3-15(4-2,10-17)9-16-13(18)11-7-5-6-8-12(11)14(19)20/h5-6,11-12,17H,3-4,7-10H2,1-2H3,(H,16,18)(H,19,20)/t11-,12+/m1/s1. The van der Waals surface area contributed by atoms with Gasteiger partial charge in [-0.15, -0.1) is 0 Å². The largest absolute Gasteiger partial charge is 0.481 e. The predicted octanol–water partition coefficient (Wildman–Crippen LogP) is 1.57. The van der Waals surface area contributed by atoms with Crippen LogP contribution in [0.15, 0.2) is 12.2 Å². The van der Waals surface area contributed by atoms with Gasteiger partial charge in [0, 0.05) is 12.0 Å². The van der Waals surface area contributed by atoms with Crippen LogP contribution in [0.2, 0.25) is 0 Å². The first-order valence-electron chi connectivity index (χ1n) is 7.26. The minimum absolute atomic E-state index is 0.0210. The summed E-state index contributed by atoms with van der Waals surface area (Å²) in [6.07, 6.45) is 6.09. The third-order valence-electron chi connectivity index (χ3n) is 4.56. The highest BCUT2D eigenvalue weighted by atomic mass is 16.4. The van der Waals surface area contributed by atoms with Crippen molar-refractivity contribution in [1.29, 1.82) is 0 Å². The molecule has 2 atom stereocenters. The van der Waals surface area contributed by atoms with Crippen LogP contribution < -0.4 is 5.32 Å². The van der Waals surface area contributed by atoms with E-state index in [0.717, 1.165) is 12.8 Å². The van der Waals surface area contributed by atoms with E-state index in [-0.39, 0.29) is 17.9 Å². The van der Waals surface area contributed by atoms with Crippen molar-refractivity contribution in [2.75, 3.05) is 13.2 Å². The average molecular weight is 283 g/mol. The van der Waals surface area contributed by atoms with Crippen LogP contribution in [0.3, 0.4) is 0 Å². The number of carboxylic acids is 1. The van der Waals surface area contributed by atoms with Crippen LogP contribution in [-0.2, 0) is 9.59 Å². The van der Waals surface area contributed by atoms with Gasteiger partial charge in [-0.25, -0.2) is 0 Å². The molecule has 20 heavy (non-hydrogen) atoms. The van der Waals surface area contributed by atoms with Gasteiger partial charge in [0.15, 0.2) is 0 Å². The van der Waals surface area contributed by atoms with Gasteiger partial charge in [-0.05, 0) is 25.7 Å². The second-order valence-electron chi connectivity index (χ2n) is 5.58. The molecule has 0 radical (unpaired) electrons. The summed E-state index contributed by atoms with van der Waals surface area (Å²) in [6, 6.07) is 0. The van der Waals surface area contributed by atoms with E-state index in [1.807, 2.05) is 26.0 Å². The predicted molar refractivity (Wildman–Crippen MR) is 76.1 cm³/mol. The van der Waals surface area contributed by atoms with Crippen LogP contribution in [0.5, 0.6) is 0 Å². The Bertz CT molecular complexity index is 366. The molecule has 0 aliphatic heterocycles. The Hall–Kier alpha value is -1.36. The minimum Gasteiger partial charge on any atom is -0.481 e. The van der Waals surface area contributed by atoms with Gasteiger partial charge in [-0.3, -0.25) is 9.59 Å². The Labute approximate surface area is 120 Å². The number of amides is 1. The number of rotatable bonds is 7. The van der Waals surface area contributed by atoms with E-state index < -0.39 is 17.8 Å². The van der Waals surface area contributed by atoms with Gasteiger partial charge < -0.3 is 15.5 Å². The molecule has 0 saturated carbocycles. The highest BCUT2D eigenvalue weighted by Crippen LogP contribution is 2.28. The molecule has 1 rings (SSSR count). The van der Waals surface area contributed by atoms with Crippen LogP contribution in [0.25, 0.3) is 0 Å². The Morgan fingerprint density at radius 1 is 1.20 bits per heavy atom. The summed E-state index contributed by atoms with van der Waals surface area (Å²) in [5, 5.41) is 21.5. The molecule has 0 spiro atoms. The molecule has 0 bridgehead atoms. The lowest BCUT2D eigenvalue weighted by molar-refractivity contribution is -0.147. The fraction of sp³-hybridized carbons (Fsp3) is 0.733. The third-order valence-corrected chi connectivity index (χ3v) is 4.56. The van der Waals surface area contributed by atoms with Crippen molar-refractivity contribution in [2.24, 2.45) is 17.3 Å². The van der Waals surface area contributed by atoms with Crippen molar-refractivity contribution in [1.82, 2.24) is 5.32 Å². The first-order chi connectivity index (χ1) is 9.49. The SMILES string of the molecule is CCC(CC)(CO)CNC(=O)[C@@H]1CC=CC[C@@H]1C(=O)O. The van der Waals surface area contributed by atoms with Crippen molar-refractivity contribution in [2.45, 2.75) is 39.5 Å². The van der Waals surface area contributed by atoms with E-state index in [1.165, 1.54) is 0 Å². The first kappa shape index (κ1) is 16.7. The van der Waals surface area contributed by atoms with Crippen LogP contribution in [0.1, 0.15) is 39.5 Å². The normalized spacial score (nSPS) is 22.6. The molecule has 0 aromatic rings. The molecule has 1 aliphatic rings. The lowest BCUT2D eigenvalue weighted by Crippen LogP contribution is -2.44. The van der Waals surface area contributed by atoms with Crippen LogP contribution >= 0.6 is 0 Å². The second kappa shape index (κ2) is 7.43. The second-order valence-corrected chi connectivity index (χ2v) is 5.58. The fourth-order valence-electron chi connectivity index (χ4n) is 2.56. The summed E-state index contributed by atoms with van der Waals surface area (Å²) in [6.45, 7) is 4.37. The number of aliphatic carboxylic acids is 1. The maximum absolute atomic E-state index is 12.2. The molecular weight excluding hydrogens is 258 g/mol. The molecule has 1 amide bonds. The van der Waals surface area contributed by atoms with Crippen molar-refractivity contribution >= 4 is 11.9 Å². The smallest absolute Gasteiger partial charge is 0.307 e. The maximum Gasteiger partial charge on any atom is 0.307 e. The highest BCUT2D eigenvalue weighted by molar-refractivity contribution is 5.85. The number of carbonyl (C=O) groups excluding carboxylic acids is 1. The molecule has 0 fully saturated rings. The number of allylic oxidation sites excluding steroid dienone is 2. The number of nitrogens with one attached hydrogen (secondary N) is 1. The van der Waals surface area contributed by atoms with Gasteiger partial charge in [-0.2, -0.15) is 0 Å². The maximum atomic E-state index is 12.2.